The molecule has 0 aliphatic rings. The molecule has 0 fully saturated rings. The Kier molecular flexibility index (Phi) is 1.16. The molecule has 2 heterocycles. The number of carboxylic acid groups (broad SMARTS) is 1. The lowest BCUT2D eigenvalue weighted by atomic mass is 10.5. The van der Waals surface area contributed by atoms with Gasteiger partial charge in [-0.2, -0.15) is 9.61 Å². The lowest BCUT2D eigenvalue weighted by molar-refractivity contribution is 0.0688. The van der Waals surface area contributed by atoms with Crippen LogP contribution in [0.5, 0.6) is 0 Å². The summed E-state index contributed by atoms with van der Waals surface area (Å²) in [6.45, 7) is 0. The van der Waals surface area contributed by atoms with Gasteiger partial charge in [0.05, 0.1) is 0 Å². The molecule has 0 amide bonds. The molecule has 2 aromatic heterocycles. The van der Waals surface area contributed by atoms with E-state index < -0.39 is 5.97 Å². The maximum atomic E-state index is 10.5. The van der Waals surface area contributed by atoms with Crippen LogP contribution in [0.15, 0.2) is 11.7 Å². The zero-order chi connectivity index (χ0) is 7.84. The highest BCUT2D eigenvalue weighted by Crippen LogP contribution is 2.11. The van der Waals surface area contributed by atoms with E-state index in [2.05, 4.69) is 10.1 Å². The molecular weight excluding hydrogens is 166 g/mol. The topological polar surface area (TPSA) is 67.5 Å². The molecule has 5 nitrogen and oxygen atoms in total. The number of rotatable bonds is 1. The summed E-state index contributed by atoms with van der Waals surface area (Å²) in [6.07, 6.45) is 1.33. The molecule has 0 spiro atoms. The SMILES string of the molecule is O=C(O)c1csc2ncnn12. The second-order valence-corrected chi connectivity index (χ2v) is 2.72. The Morgan fingerprint density at radius 3 is 3.27 bits per heavy atom. The molecule has 0 aromatic carbocycles. The number of thiazole rings is 1. The number of aromatic carboxylic acids is 1. The fourth-order valence-electron chi connectivity index (χ4n) is 0.776. The zero-order valence-electron chi connectivity index (χ0n) is 5.26. The molecule has 0 saturated heterocycles. The Balaban J connectivity index is 2.78. The highest BCUT2D eigenvalue weighted by molar-refractivity contribution is 7.15. The summed E-state index contributed by atoms with van der Waals surface area (Å²) < 4.78 is 1.30. The molecule has 0 atom stereocenters. The van der Waals surface area contributed by atoms with Gasteiger partial charge in [-0.25, -0.2) is 9.78 Å². The molecule has 2 aromatic rings. The fourth-order valence-corrected chi connectivity index (χ4v) is 1.55. The number of carbonyl (C=O) groups is 1. The summed E-state index contributed by atoms with van der Waals surface area (Å²) in [5, 5.41) is 13.9. The molecule has 56 valence electrons. The third kappa shape index (κ3) is 0.795. The zero-order valence-corrected chi connectivity index (χ0v) is 6.08. The van der Waals surface area contributed by atoms with Crippen molar-refractivity contribution in [3.63, 3.8) is 0 Å². The van der Waals surface area contributed by atoms with Crippen molar-refractivity contribution in [1.82, 2.24) is 14.6 Å². The van der Waals surface area contributed by atoms with Gasteiger partial charge in [0.25, 0.3) is 0 Å². The molecule has 0 aliphatic carbocycles. The summed E-state index contributed by atoms with van der Waals surface area (Å²) >= 11 is 1.26. The molecule has 11 heavy (non-hydrogen) atoms. The van der Waals surface area contributed by atoms with Crippen LogP contribution in [-0.4, -0.2) is 25.7 Å². The number of hydrogen-bond acceptors (Lipinski definition) is 4. The summed E-state index contributed by atoms with van der Waals surface area (Å²) in [5.41, 5.74) is 0.155. The Morgan fingerprint density at radius 2 is 2.55 bits per heavy atom. The first kappa shape index (κ1) is 6.29. The van der Waals surface area contributed by atoms with Gasteiger partial charge in [-0.3, -0.25) is 0 Å². The van der Waals surface area contributed by atoms with Crippen LogP contribution in [0.1, 0.15) is 10.5 Å². The first-order valence-corrected chi connectivity index (χ1v) is 3.67. The first-order chi connectivity index (χ1) is 5.29. The lowest BCUT2D eigenvalue weighted by Gasteiger charge is -1.85. The van der Waals surface area contributed by atoms with Gasteiger partial charge in [0, 0.05) is 5.38 Å². The predicted octanol–water partition coefficient (Wildman–Crippen LogP) is 0.489. The third-order valence-electron chi connectivity index (χ3n) is 1.24. The second-order valence-electron chi connectivity index (χ2n) is 1.88. The van der Waals surface area contributed by atoms with Crippen molar-refractivity contribution >= 4 is 22.3 Å². The van der Waals surface area contributed by atoms with E-state index in [1.54, 1.807) is 0 Å². The summed E-state index contributed by atoms with van der Waals surface area (Å²) in [4.78, 5) is 14.9. The first-order valence-electron chi connectivity index (χ1n) is 2.79. The van der Waals surface area contributed by atoms with Crippen LogP contribution in [-0.2, 0) is 0 Å². The summed E-state index contributed by atoms with van der Waals surface area (Å²) in [6, 6.07) is 0. The quantitative estimate of drug-likeness (QED) is 0.674. The Hall–Kier alpha value is -1.43. The highest BCUT2D eigenvalue weighted by Gasteiger charge is 2.10. The van der Waals surface area contributed by atoms with Gasteiger partial charge in [0.15, 0.2) is 5.69 Å². The monoisotopic (exact) mass is 169 g/mol. The van der Waals surface area contributed by atoms with Gasteiger partial charge in [-0.05, 0) is 0 Å². The van der Waals surface area contributed by atoms with Crippen molar-refractivity contribution in [1.29, 1.82) is 0 Å². The lowest BCUT2D eigenvalue weighted by Crippen LogP contribution is -2.01. The van der Waals surface area contributed by atoms with Gasteiger partial charge in [0.1, 0.15) is 6.33 Å². The number of aromatic nitrogens is 3. The number of carboxylic acids is 1. The fraction of sp³-hybridized carbons (Fsp3) is 0. The number of hydrogen-bond donors (Lipinski definition) is 1. The number of nitrogens with zero attached hydrogens (tertiary/aromatic N) is 3. The van der Waals surface area contributed by atoms with Crippen LogP contribution in [0.3, 0.4) is 0 Å². The van der Waals surface area contributed by atoms with E-state index in [1.807, 2.05) is 0 Å². The molecule has 0 aliphatic heterocycles. The van der Waals surface area contributed by atoms with E-state index in [4.69, 9.17) is 5.11 Å². The largest absolute Gasteiger partial charge is 0.476 e. The van der Waals surface area contributed by atoms with Gasteiger partial charge in [-0.15, -0.1) is 11.3 Å². The maximum Gasteiger partial charge on any atom is 0.355 e. The second kappa shape index (κ2) is 2.03. The maximum absolute atomic E-state index is 10.5. The molecule has 0 bridgehead atoms. The normalized spacial score (nSPS) is 10.5. The van der Waals surface area contributed by atoms with Crippen molar-refractivity contribution in [2.45, 2.75) is 0 Å². The van der Waals surface area contributed by atoms with Crippen molar-refractivity contribution < 1.29 is 9.90 Å². The minimum absolute atomic E-state index is 0.155. The third-order valence-corrected chi connectivity index (χ3v) is 2.07. The standard InChI is InChI=1S/C5H3N3O2S/c9-4(10)3-1-11-5-6-2-7-8(3)5/h1-2H,(H,9,10). The van der Waals surface area contributed by atoms with Gasteiger partial charge < -0.3 is 5.11 Å². The summed E-state index contributed by atoms with van der Waals surface area (Å²) in [7, 11) is 0. The van der Waals surface area contributed by atoms with Gasteiger partial charge in [-0.1, -0.05) is 0 Å². The molecule has 6 heteroatoms. The summed E-state index contributed by atoms with van der Waals surface area (Å²) in [5.74, 6) is -0.984. The van der Waals surface area contributed by atoms with Crippen molar-refractivity contribution in [2.75, 3.05) is 0 Å². The van der Waals surface area contributed by atoms with Crippen molar-refractivity contribution in [3.05, 3.63) is 17.4 Å². The highest BCUT2D eigenvalue weighted by atomic mass is 32.1. The van der Waals surface area contributed by atoms with Crippen LogP contribution < -0.4 is 0 Å². The van der Waals surface area contributed by atoms with Crippen LogP contribution in [0.25, 0.3) is 4.96 Å². The van der Waals surface area contributed by atoms with Crippen LogP contribution >= 0.6 is 11.3 Å². The Morgan fingerprint density at radius 1 is 1.73 bits per heavy atom. The van der Waals surface area contributed by atoms with Crippen LogP contribution in [0.4, 0.5) is 0 Å². The predicted molar refractivity (Wildman–Crippen MR) is 37.8 cm³/mol. The van der Waals surface area contributed by atoms with E-state index in [-0.39, 0.29) is 5.69 Å². The van der Waals surface area contributed by atoms with Crippen LogP contribution in [0, 0.1) is 0 Å². The van der Waals surface area contributed by atoms with E-state index >= 15 is 0 Å². The molecule has 0 unspecified atom stereocenters. The minimum atomic E-state index is -0.984. The van der Waals surface area contributed by atoms with E-state index in [0.29, 0.717) is 4.96 Å². The van der Waals surface area contributed by atoms with E-state index in [1.165, 1.54) is 27.6 Å². The van der Waals surface area contributed by atoms with Gasteiger partial charge in [0.2, 0.25) is 4.96 Å². The Bertz CT molecular complexity index is 404. The molecule has 2 rings (SSSR count). The molecule has 0 radical (unpaired) electrons. The molecular formula is C5H3N3O2S. The molecule has 1 N–H and O–H groups in total. The number of fused-ring (bicyclic) bond motifs is 1. The smallest absolute Gasteiger partial charge is 0.355 e. The van der Waals surface area contributed by atoms with E-state index in [9.17, 15) is 4.79 Å². The van der Waals surface area contributed by atoms with Gasteiger partial charge >= 0.3 is 5.97 Å². The van der Waals surface area contributed by atoms with Crippen molar-refractivity contribution in [2.24, 2.45) is 0 Å². The average molecular weight is 169 g/mol. The van der Waals surface area contributed by atoms with Crippen LogP contribution in [0.2, 0.25) is 0 Å². The van der Waals surface area contributed by atoms with E-state index in [0.717, 1.165) is 0 Å². The van der Waals surface area contributed by atoms with Crippen molar-refractivity contribution in [3.8, 4) is 0 Å². The molecule has 0 saturated carbocycles. The Labute approximate surface area is 64.9 Å². The average Bonchev–Trinajstić information content (AvgIpc) is 2.41. The minimum Gasteiger partial charge on any atom is -0.476 e.